The van der Waals surface area contributed by atoms with Gasteiger partial charge in [-0.25, -0.2) is 4.79 Å². The Bertz CT molecular complexity index is 884. The predicted molar refractivity (Wildman–Crippen MR) is 100 cm³/mol. The molecule has 0 bridgehead atoms. The van der Waals surface area contributed by atoms with Crippen molar-refractivity contribution in [3.05, 3.63) is 54.1 Å². The van der Waals surface area contributed by atoms with Gasteiger partial charge in [-0.05, 0) is 38.1 Å². The maximum atomic E-state index is 12.3. The Morgan fingerprint density at radius 3 is 2.46 bits per heavy atom. The maximum absolute atomic E-state index is 12.3. The number of nitrogens with one attached hydrogen (secondary N) is 2. The molecule has 146 valence electrons. The lowest BCUT2D eigenvalue weighted by atomic mass is 10.2. The van der Waals surface area contributed by atoms with Crippen molar-refractivity contribution in [1.29, 1.82) is 0 Å². The number of hydrogen-bond acceptors (Lipinski definition) is 6. The zero-order chi connectivity index (χ0) is 20.1. The van der Waals surface area contributed by atoms with Crippen molar-refractivity contribution in [2.24, 2.45) is 0 Å². The first kappa shape index (κ1) is 19.2. The molecule has 8 nitrogen and oxygen atoms in total. The fourth-order valence-corrected chi connectivity index (χ4v) is 2.48. The van der Waals surface area contributed by atoms with Gasteiger partial charge in [0, 0.05) is 17.3 Å². The predicted octanol–water partition coefficient (Wildman–Crippen LogP) is 2.10. The fraction of sp³-hybridized carbons (Fsp3) is 0.250. The lowest BCUT2D eigenvalue weighted by Gasteiger charge is -2.17. The van der Waals surface area contributed by atoms with Crippen LogP contribution in [0.2, 0.25) is 0 Å². The van der Waals surface area contributed by atoms with Crippen LogP contribution < -0.4 is 20.1 Å². The summed E-state index contributed by atoms with van der Waals surface area (Å²) in [5, 5.41) is 5.19. The van der Waals surface area contributed by atoms with Gasteiger partial charge in [-0.2, -0.15) is 0 Å². The molecule has 0 aliphatic carbocycles. The van der Waals surface area contributed by atoms with Crippen molar-refractivity contribution < 1.29 is 28.6 Å². The average Bonchev–Trinajstić information content (AvgIpc) is 3.16. The SMILES string of the molecule is C[C@H](NC(=O)c1ccccc1)C(=O)O[C@@H](C)C(=O)Nc1ccc2c(c1)OCO2. The highest BCUT2D eigenvalue weighted by molar-refractivity contribution is 5.98. The normalized spacial score (nSPS) is 13.9. The second-order valence-corrected chi connectivity index (χ2v) is 6.20. The van der Waals surface area contributed by atoms with E-state index in [2.05, 4.69) is 10.6 Å². The molecule has 8 heteroatoms. The summed E-state index contributed by atoms with van der Waals surface area (Å²) in [5.41, 5.74) is 0.915. The standard InChI is InChI=1S/C20H20N2O6/c1-12(21-19(24)14-6-4-3-5-7-14)20(25)28-13(2)18(23)22-15-8-9-16-17(10-15)27-11-26-16/h3-10,12-13H,11H2,1-2H3,(H,21,24)(H,22,23)/t12-,13-/m0/s1. The van der Waals surface area contributed by atoms with Gasteiger partial charge in [-0.3, -0.25) is 9.59 Å². The minimum absolute atomic E-state index is 0.132. The van der Waals surface area contributed by atoms with Crippen LogP contribution in [-0.2, 0) is 14.3 Å². The van der Waals surface area contributed by atoms with Gasteiger partial charge < -0.3 is 24.8 Å². The van der Waals surface area contributed by atoms with Gasteiger partial charge in [0.15, 0.2) is 17.6 Å². The van der Waals surface area contributed by atoms with Crippen LogP contribution in [0.15, 0.2) is 48.5 Å². The van der Waals surface area contributed by atoms with Gasteiger partial charge in [0.25, 0.3) is 11.8 Å². The van der Waals surface area contributed by atoms with E-state index >= 15 is 0 Å². The Morgan fingerprint density at radius 2 is 1.71 bits per heavy atom. The van der Waals surface area contributed by atoms with Crippen LogP contribution >= 0.6 is 0 Å². The average molecular weight is 384 g/mol. The Kier molecular flexibility index (Phi) is 5.78. The summed E-state index contributed by atoms with van der Waals surface area (Å²) in [4.78, 5) is 36.5. The third kappa shape index (κ3) is 4.59. The van der Waals surface area contributed by atoms with Gasteiger partial charge in [-0.15, -0.1) is 0 Å². The first-order chi connectivity index (χ1) is 13.4. The van der Waals surface area contributed by atoms with Crippen LogP contribution in [0.3, 0.4) is 0 Å². The molecule has 1 aliphatic heterocycles. The van der Waals surface area contributed by atoms with E-state index in [1.54, 1.807) is 48.5 Å². The molecule has 0 saturated carbocycles. The molecule has 2 aromatic carbocycles. The van der Waals surface area contributed by atoms with E-state index in [4.69, 9.17) is 14.2 Å². The number of hydrogen-bond donors (Lipinski definition) is 2. The number of carbonyl (C=O) groups is 3. The lowest BCUT2D eigenvalue weighted by Crippen LogP contribution is -2.42. The van der Waals surface area contributed by atoms with Gasteiger partial charge in [0.2, 0.25) is 6.79 Å². The van der Waals surface area contributed by atoms with E-state index in [9.17, 15) is 14.4 Å². The van der Waals surface area contributed by atoms with Crippen LogP contribution in [-0.4, -0.2) is 36.7 Å². The van der Waals surface area contributed by atoms with E-state index in [-0.39, 0.29) is 6.79 Å². The monoisotopic (exact) mass is 384 g/mol. The van der Waals surface area contributed by atoms with Gasteiger partial charge in [0.05, 0.1) is 0 Å². The molecule has 2 aromatic rings. The highest BCUT2D eigenvalue weighted by Gasteiger charge is 2.24. The molecule has 0 spiro atoms. The molecule has 0 aromatic heterocycles. The number of amides is 2. The molecule has 0 unspecified atom stereocenters. The third-order valence-corrected chi connectivity index (χ3v) is 4.04. The van der Waals surface area contributed by atoms with Crippen LogP contribution in [0, 0.1) is 0 Å². The lowest BCUT2D eigenvalue weighted by molar-refractivity contribution is -0.154. The van der Waals surface area contributed by atoms with Gasteiger partial charge in [0.1, 0.15) is 6.04 Å². The Balaban J connectivity index is 1.51. The summed E-state index contributed by atoms with van der Waals surface area (Å²) >= 11 is 0. The molecule has 28 heavy (non-hydrogen) atoms. The summed E-state index contributed by atoms with van der Waals surface area (Å²) in [5.74, 6) is -0.492. The minimum Gasteiger partial charge on any atom is -0.454 e. The van der Waals surface area contributed by atoms with Crippen molar-refractivity contribution in [1.82, 2.24) is 5.32 Å². The fourth-order valence-electron chi connectivity index (χ4n) is 2.48. The number of ether oxygens (including phenoxy) is 3. The first-order valence-electron chi connectivity index (χ1n) is 8.71. The highest BCUT2D eigenvalue weighted by atomic mass is 16.7. The van der Waals surface area contributed by atoms with E-state index in [0.717, 1.165) is 0 Å². The number of fused-ring (bicyclic) bond motifs is 1. The Hall–Kier alpha value is -3.55. The van der Waals surface area contributed by atoms with Crippen LogP contribution in [0.25, 0.3) is 0 Å². The smallest absolute Gasteiger partial charge is 0.329 e. The van der Waals surface area contributed by atoms with Crippen LogP contribution in [0.5, 0.6) is 11.5 Å². The maximum Gasteiger partial charge on any atom is 0.329 e. The van der Waals surface area contributed by atoms with Gasteiger partial charge >= 0.3 is 5.97 Å². The second-order valence-electron chi connectivity index (χ2n) is 6.20. The zero-order valence-electron chi connectivity index (χ0n) is 15.4. The number of rotatable bonds is 6. The number of benzene rings is 2. The van der Waals surface area contributed by atoms with E-state index in [1.807, 2.05) is 0 Å². The topological polar surface area (TPSA) is 103 Å². The summed E-state index contributed by atoms with van der Waals surface area (Å²) in [7, 11) is 0. The first-order valence-corrected chi connectivity index (χ1v) is 8.71. The Labute approximate surface area is 161 Å². The summed E-state index contributed by atoms with van der Waals surface area (Å²) in [6.07, 6.45) is -1.05. The van der Waals surface area contributed by atoms with Crippen molar-refractivity contribution in [2.45, 2.75) is 26.0 Å². The van der Waals surface area contributed by atoms with Crippen LogP contribution in [0.4, 0.5) is 5.69 Å². The quantitative estimate of drug-likeness (QED) is 0.740. The molecule has 1 aliphatic rings. The second kappa shape index (κ2) is 8.43. The molecule has 0 saturated heterocycles. The molecular weight excluding hydrogens is 364 g/mol. The molecule has 2 N–H and O–H groups in total. The van der Waals surface area contributed by atoms with Crippen molar-refractivity contribution in [2.75, 3.05) is 12.1 Å². The molecule has 1 heterocycles. The molecule has 3 rings (SSSR count). The number of carbonyl (C=O) groups excluding carboxylic acids is 3. The molecular formula is C20H20N2O6. The third-order valence-electron chi connectivity index (χ3n) is 4.04. The molecule has 2 atom stereocenters. The van der Waals surface area contributed by atoms with E-state index < -0.39 is 29.9 Å². The summed E-state index contributed by atoms with van der Waals surface area (Å²) in [6, 6.07) is 12.5. The highest BCUT2D eigenvalue weighted by Crippen LogP contribution is 2.34. The summed E-state index contributed by atoms with van der Waals surface area (Å²) < 4.78 is 15.6. The molecule has 0 radical (unpaired) electrons. The Morgan fingerprint density at radius 1 is 1.00 bits per heavy atom. The van der Waals surface area contributed by atoms with Crippen molar-refractivity contribution >= 4 is 23.5 Å². The van der Waals surface area contributed by atoms with Crippen molar-refractivity contribution in [3.63, 3.8) is 0 Å². The van der Waals surface area contributed by atoms with Crippen LogP contribution in [0.1, 0.15) is 24.2 Å². The largest absolute Gasteiger partial charge is 0.454 e. The van der Waals surface area contributed by atoms with Gasteiger partial charge in [-0.1, -0.05) is 18.2 Å². The van der Waals surface area contributed by atoms with E-state index in [1.165, 1.54) is 13.8 Å². The molecule has 0 fully saturated rings. The number of anilines is 1. The zero-order valence-corrected chi connectivity index (χ0v) is 15.4. The minimum atomic E-state index is -1.05. The number of esters is 1. The van der Waals surface area contributed by atoms with E-state index in [0.29, 0.717) is 22.7 Å². The molecule has 2 amide bonds. The van der Waals surface area contributed by atoms with Crippen molar-refractivity contribution in [3.8, 4) is 11.5 Å². The summed E-state index contributed by atoms with van der Waals surface area (Å²) in [6.45, 7) is 3.07.